The number of aromatic nitrogens is 1. The molecule has 0 bridgehead atoms. The van der Waals surface area contributed by atoms with Gasteiger partial charge in [-0.2, -0.15) is 0 Å². The average molecular weight is 391 g/mol. The summed E-state index contributed by atoms with van der Waals surface area (Å²) in [4.78, 5) is 15.4. The zero-order valence-electron chi connectivity index (χ0n) is 13.0. The normalized spacial score (nSPS) is 10.8. The van der Waals surface area contributed by atoms with Gasteiger partial charge in [0.25, 0.3) is 5.91 Å². The number of nitrogens with one attached hydrogen (secondary N) is 2. The molecule has 2 N–H and O–H groups in total. The van der Waals surface area contributed by atoms with Crippen LogP contribution < -0.4 is 10.1 Å². The fourth-order valence-corrected chi connectivity index (χ4v) is 3.00. The number of fused-ring (bicyclic) bond motifs is 1. The molecular weight excluding hydrogens is 375 g/mol. The molecule has 0 radical (unpaired) electrons. The molecule has 3 rings (SSSR count). The SMILES string of the molecule is COc1ccc2[nH]cc(CCNC(=O)c3cc(F)ccc3Br)c2c1. The van der Waals surface area contributed by atoms with Gasteiger partial charge < -0.3 is 15.0 Å². The van der Waals surface area contributed by atoms with E-state index in [0.717, 1.165) is 22.2 Å². The molecule has 6 heteroatoms. The van der Waals surface area contributed by atoms with E-state index < -0.39 is 5.82 Å². The number of H-pyrrole nitrogens is 1. The van der Waals surface area contributed by atoms with Crippen LogP contribution in [0, 0.1) is 5.82 Å². The Hall–Kier alpha value is -2.34. The third-order valence-corrected chi connectivity index (χ3v) is 4.52. The maximum Gasteiger partial charge on any atom is 0.252 e. The van der Waals surface area contributed by atoms with Gasteiger partial charge in [-0.15, -0.1) is 0 Å². The molecule has 0 saturated heterocycles. The summed E-state index contributed by atoms with van der Waals surface area (Å²) in [6, 6.07) is 9.87. The Kier molecular flexibility index (Phi) is 4.85. The molecule has 1 aromatic heterocycles. The Balaban J connectivity index is 1.68. The van der Waals surface area contributed by atoms with E-state index in [1.54, 1.807) is 7.11 Å². The van der Waals surface area contributed by atoms with Gasteiger partial charge in [0.05, 0.1) is 12.7 Å². The van der Waals surface area contributed by atoms with Crippen LogP contribution in [0.25, 0.3) is 10.9 Å². The molecule has 0 atom stereocenters. The Morgan fingerprint density at radius 2 is 2.12 bits per heavy atom. The maximum atomic E-state index is 13.3. The molecular formula is C18H16BrFN2O2. The van der Waals surface area contributed by atoms with Gasteiger partial charge in [0.1, 0.15) is 11.6 Å². The van der Waals surface area contributed by atoms with Crippen LogP contribution in [0.1, 0.15) is 15.9 Å². The van der Waals surface area contributed by atoms with Crippen molar-refractivity contribution in [1.29, 1.82) is 0 Å². The lowest BCUT2D eigenvalue weighted by Crippen LogP contribution is -2.26. The molecule has 0 spiro atoms. The van der Waals surface area contributed by atoms with Gasteiger partial charge in [-0.3, -0.25) is 4.79 Å². The molecule has 2 aromatic carbocycles. The summed E-state index contributed by atoms with van der Waals surface area (Å²) < 4.78 is 19.1. The van der Waals surface area contributed by atoms with Crippen molar-refractivity contribution >= 4 is 32.7 Å². The van der Waals surface area contributed by atoms with Crippen LogP contribution in [0.5, 0.6) is 5.75 Å². The van der Waals surface area contributed by atoms with Gasteiger partial charge >= 0.3 is 0 Å². The average Bonchev–Trinajstić information content (AvgIpc) is 2.99. The summed E-state index contributed by atoms with van der Waals surface area (Å²) in [7, 11) is 1.63. The number of amides is 1. The number of benzene rings is 2. The first kappa shape index (κ1) is 16.5. The highest BCUT2D eigenvalue weighted by molar-refractivity contribution is 9.10. The van der Waals surface area contributed by atoms with Crippen molar-refractivity contribution in [3.63, 3.8) is 0 Å². The highest BCUT2D eigenvalue weighted by Crippen LogP contribution is 2.24. The van der Waals surface area contributed by atoms with E-state index in [2.05, 4.69) is 26.2 Å². The van der Waals surface area contributed by atoms with Gasteiger partial charge in [0.15, 0.2) is 0 Å². The summed E-state index contributed by atoms with van der Waals surface area (Å²) in [5.41, 5.74) is 2.39. The topological polar surface area (TPSA) is 54.1 Å². The number of methoxy groups -OCH3 is 1. The van der Waals surface area contributed by atoms with Crippen LogP contribution in [0.3, 0.4) is 0 Å². The lowest BCUT2D eigenvalue weighted by Gasteiger charge is -2.07. The minimum atomic E-state index is -0.438. The highest BCUT2D eigenvalue weighted by Gasteiger charge is 2.11. The number of ether oxygens (including phenoxy) is 1. The van der Waals surface area contributed by atoms with Crippen LogP contribution in [0.4, 0.5) is 4.39 Å². The lowest BCUT2D eigenvalue weighted by molar-refractivity contribution is 0.0953. The second kappa shape index (κ2) is 7.05. The fraction of sp³-hybridized carbons (Fsp3) is 0.167. The molecule has 0 unspecified atom stereocenters. The Morgan fingerprint density at radius 3 is 2.92 bits per heavy atom. The van der Waals surface area contributed by atoms with Gasteiger partial charge in [-0.25, -0.2) is 4.39 Å². The van der Waals surface area contributed by atoms with E-state index in [9.17, 15) is 9.18 Å². The maximum absolute atomic E-state index is 13.3. The summed E-state index contributed by atoms with van der Waals surface area (Å²) in [6.45, 7) is 0.450. The van der Waals surface area contributed by atoms with Crippen molar-refractivity contribution in [2.75, 3.05) is 13.7 Å². The van der Waals surface area contributed by atoms with E-state index in [4.69, 9.17) is 4.74 Å². The second-order valence-corrected chi connectivity index (χ2v) is 6.21. The van der Waals surface area contributed by atoms with Gasteiger partial charge in [-0.05, 0) is 64.3 Å². The third-order valence-electron chi connectivity index (χ3n) is 3.83. The van der Waals surface area contributed by atoms with E-state index in [0.29, 0.717) is 17.4 Å². The van der Waals surface area contributed by atoms with Gasteiger partial charge in [-0.1, -0.05) is 0 Å². The summed E-state index contributed by atoms with van der Waals surface area (Å²) in [5, 5.41) is 3.88. The van der Waals surface area contributed by atoms with Crippen molar-refractivity contribution in [3.05, 3.63) is 64.0 Å². The minimum Gasteiger partial charge on any atom is -0.497 e. The van der Waals surface area contributed by atoms with Crippen molar-refractivity contribution in [2.45, 2.75) is 6.42 Å². The molecule has 1 amide bonds. The van der Waals surface area contributed by atoms with Crippen molar-refractivity contribution < 1.29 is 13.9 Å². The smallest absolute Gasteiger partial charge is 0.252 e. The predicted octanol–water partition coefficient (Wildman–Crippen LogP) is 4.05. The van der Waals surface area contributed by atoms with Crippen LogP contribution >= 0.6 is 15.9 Å². The number of hydrogen-bond acceptors (Lipinski definition) is 2. The molecule has 1 heterocycles. The zero-order chi connectivity index (χ0) is 17.1. The third kappa shape index (κ3) is 3.43. The van der Waals surface area contributed by atoms with E-state index >= 15 is 0 Å². The molecule has 0 aliphatic rings. The fourth-order valence-electron chi connectivity index (χ4n) is 2.57. The molecule has 24 heavy (non-hydrogen) atoms. The lowest BCUT2D eigenvalue weighted by atomic mass is 10.1. The van der Waals surface area contributed by atoms with E-state index in [1.807, 2.05) is 24.4 Å². The monoisotopic (exact) mass is 390 g/mol. The summed E-state index contributed by atoms with van der Waals surface area (Å²) in [6.07, 6.45) is 2.58. The molecule has 3 aromatic rings. The number of carbonyl (C=O) groups excluding carboxylic acids is 1. The molecule has 124 valence electrons. The standard InChI is InChI=1S/C18H16BrFN2O2/c1-24-13-3-5-17-14(9-13)11(10-22-17)6-7-21-18(23)15-8-12(20)2-4-16(15)19/h2-5,8-10,22H,6-7H2,1H3,(H,21,23). The predicted molar refractivity (Wildman–Crippen MR) is 95.0 cm³/mol. The Labute approximate surface area is 147 Å². The number of halogens is 2. The Bertz CT molecular complexity index is 892. The van der Waals surface area contributed by atoms with Crippen LogP contribution in [-0.4, -0.2) is 24.5 Å². The van der Waals surface area contributed by atoms with Crippen LogP contribution in [0.15, 0.2) is 47.1 Å². The number of carbonyl (C=O) groups is 1. The van der Waals surface area contributed by atoms with E-state index in [-0.39, 0.29) is 11.5 Å². The zero-order valence-corrected chi connectivity index (χ0v) is 14.6. The minimum absolute atomic E-state index is 0.288. The first-order valence-corrected chi connectivity index (χ1v) is 8.25. The number of aromatic amines is 1. The molecule has 0 aliphatic carbocycles. The van der Waals surface area contributed by atoms with Crippen LogP contribution in [-0.2, 0) is 6.42 Å². The van der Waals surface area contributed by atoms with Gasteiger partial charge in [0.2, 0.25) is 0 Å². The summed E-state index contributed by atoms with van der Waals surface area (Å²) in [5.74, 6) is 0.0435. The van der Waals surface area contributed by atoms with Crippen molar-refractivity contribution in [1.82, 2.24) is 10.3 Å². The highest BCUT2D eigenvalue weighted by atomic mass is 79.9. The number of rotatable bonds is 5. The van der Waals surface area contributed by atoms with Crippen molar-refractivity contribution in [3.8, 4) is 5.75 Å². The molecule has 0 saturated carbocycles. The number of hydrogen-bond donors (Lipinski definition) is 2. The quantitative estimate of drug-likeness (QED) is 0.690. The molecule has 0 aliphatic heterocycles. The van der Waals surface area contributed by atoms with E-state index in [1.165, 1.54) is 18.2 Å². The molecule has 4 nitrogen and oxygen atoms in total. The summed E-state index contributed by atoms with van der Waals surface area (Å²) >= 11 is 3.26. The van der Waals surface area contributed by atoms with Crippen molar-refractivity contribution in [2.24, 2.45) is 0 Å². The first-order chi connectivity index (χ1) is 11.6. The van der Waals surface area contributed by atoms with Gasteiger partial charge in [0, 0.05) is 28.1 Å². The second-order valence-electron chi connectivity index (χ2n) is 5.36. The van der Waals surface area contributed by atoms with Crippen LogP contribution in [0.2, 0.25) is 0 Å². The molecule has 0 fully saturated rings. The Morgan fingerprint density at radius 1 is 1.29 bits per heavy atom. The first-order valence-electron chi connectivity index (χ1n) is 7.45. The largest absolute Gasteiger partial charge is 0.497 e.